The van der Waals surface area contributed by atoms with Crippen molar-refractivity contribution in [3.05, 3.63) is 53.3 Å². The van der Waals surface area contributed by atoms with Crippen molar-refractivity contribution in [2.24, 2.45) is 5.92 Å². The van der Waals surface area contributed by atoms with Crippen LogP contribution in [0.3, 0.4) is 0 Å². The molecule has 1 aliphatic carbocycles. The van der Waals surface area contributed by atoms with Gasteiger partial charge < -0.3 is 4.42 Å². The van der Waals surface area contributed by atoms with Crippen molar-refractivity contribution >= 4 is 6.08 Å². The van der Waals surface area contributed by atoms with Gasteiger partial charge in [-0.2, -0.15) is 0 Å². The van der Waals surface area contributed by atoms with E-state index in [1.54, 1.807) is 11.8 Å². The number of hydrogen-bond donors (Lipinski definition) is 0. The first-order valence-electron chi connectivity index (χ1n) is 6.59. The molecule has 0 bridgehead atoms. The average molecular weight is 238 g/mol. The molecular weight excluding hydrogens is 220 g/mol. The Labute approximate surface area is 108 Å². The molecule has 1 nitrogen and oxygen atoms in total. The zero-order valence-corrected chi connectivity index (χ0v) is 10.9. The molecule has 0 amide bonds. The molecule has 0 aliphatic heterocycles. The van der Waals surface area contributed by atoms with E-state index in [9.17, 15) is 0 Å². The van der Waals surface area contributed by atoms with E-state index in [0.717, 1.165) is 18.1 Å². The van der Waals surface area contributed by atoms with E-state index < -0.39 is 0 Å². The lowest BCUT2D eigenvalue weighted by molar-refractivity contribution is 0.582. The molecule has 0 saturated heterocycles. The van der Waals surface area contributed by atoms with E-state index in [0.29, 0.717) is 0 Å². The van der Waals surface area contributed by atoms with E-state index in [-0.39, 0.29) is 0 Å². The van der Waals surface area contributed by atoms with Gasteiger partial charge in [0, 0.05) is 5.56 Å². The summed E-state index contributed by atoms with van der Waals surface area (Å²) in [6.45, 7) is 4.55. The van der Waals surface area contributed by atoms with Crippen LogP contribution in [0.4, 0.5) is 0 Å². The number of fused-ring (bicyclic) bond motifs is 1. The lowest BCUT2D eigenvalue weighted by Crippen LogP contribution is -1.91. The summed E-state index contributed by atoms with van der Waals surface area (Å²) in [5.74, 6) is 1.69. The summed E-state index contributed by atoms with van der Waals surface area (Å²) in [5.41, 5.74) is 5.54. The molecule has 92 valence electrons. The maximum Gasteiger partial charge on any atom is 0.134 e. The zero-order valence-electron chi connectivity index (χ0n) is 10.9. The minimum absolute atomic E-state index is 0.720. The smallest absolute Gasteiger partial charge is 0.134 e. The monoisotopic (exact) mass is 238 g/mol. The first kappa shape index (κ1) is 11.3. The van der Waals surface area contributed by atoms with Crippen LogP contribution in [0, 0.1) is 5.92 Å². The molecular formula is C17H18O. The molecule has 2 aromatic rings. The van der Waals surface area contributed by atoms with E-state index in [1.165, 1.54) is 23.1 Å². The predicted molar refractivity (Wildman–Crippen MR) is 75.3 cm³/mol. The highest BCUT2D eigenvalue weighted by atomic mass is 16.3. The average Bonchev–Trinajstić information content (AvgIpc) is 2.94. The van der Waals surface area contributed by atoms with Gasteiger partial charge in [0.05, 0.1) is 6.26 Å². The summed E-state index contributed by atoms with van der Waals surface area (Å²) in [6, 6.07) is 10.5. The van der Waals surface area contributed by atoms with Crippen molar-refractivity contribution in [3.8, 4) is 11.3 Å². The highest BCUT2D eigenvalue weighted by molar-refractivity contribution is 5.78. The van der Waals surface area contributed by atoms with Gasteiger partial charge in [0.2, 0.25) is 0 Å². The van der Waals surface area contributed by atoms with Crippen molar-refractivity contribution in [1.82, 2.24) is 0 Å². The van der Waals surface area contributed by atoms with Crippen molar-refractivity contribution < 1.29 is 4.42 Å². The van der Waals surface area contributed by atoms with Gasteiger partial charge >= 0.3 is 0 Å². The number of furan rings is 1. The third-order valence-corrected chi connectivity index (χ3v) is 3.42. The predicted octanol–water partition coefficient (Wildman–Crippen LogP) is 4.93. The highest BCUT2D eigenvalue weighted by Gasteiger charge is 2.17. The minimum atomic E-state index is 0.720. The second-order valence-corrected chi connectivity index (χ2v) is 5.43. The van der Waals surface area contributed by atoms with E-state index in [4.69, 9.17) is 4.42 Å². The van der Waals surface area contributed by atoms with Gasteiger partial charge in [-0.1, -0.05) is 43.7 Å². The second-order valence-electron chi connectivity index (χ2n) is 5.43. The van der Waals surface area contributed by atoms with Gasteiger partial charge in [-0.3, -0.25) is 0 Å². The second kappa shape index (κ2) is 4.49. The fourth-order valence-corrected chi connectivity index (χ4v) is 2.74. The van der Waals surface area contributed by atoms with Crippen molar-refractivity contribution in [3.63, 3.8) is 0 Å². The molecule has 18 heavy (non-hydrogen) atoms. The van der Waals surface area contributed by atoms with Gasteiger partial charge in [-0.05, 0) is 42.0 Å². The topological polar surface area (TPSA) is 13.1 Å². The van der Waals surface area contributed by atoms with Gasteiger partial charge in [0.1, 0.15) is 5.76 Å². The molecule has 1 aliphatic rings. The summed E-state index contributed by atoms with van der Waals surface area (Å²) < 4.78 is 5.53. The Kier molecular flexibility index (Phi) is 2.83. The Morgan fingerprint density at radius 2 is 2.06 bits per heavy atom. The maximum atomic E-state index is 5.53. The fourth-order valence-electron chi connectivity index (χ4n) is 2.74. The van der Waals surface area contributed by atoms with Gasteiger partial charge in [0.25, 0.3) is 0 Å². The summed E-state index contributed by atoms with van der Waals surface area (Å²) in [4.78, 5) is 0. The molecule has 1 aromatic heterocycles. The van der Waals surface area contributed by atoms with E-state index in [2.05, 4.69) is 38.1 Å². The first-order chi connectivity index (χ1) is 8.74. The zero-order chi connectivity index (χ0) is 12.5. The third kappa shape index (κ3) is 2.01. The Morgan fingerprint density at radius 3 is 2.78 bits per heavy atom. The van der Waals surface area contributed by atoms with Crippen LogP contribution in [0.1, 0.15) is 31.4 Å². The third-order valence-electron chi connectivity index (χ3n) is 3.42. The largest absolute Gasteiger partial charge is 0.464 e. The van der Waals surface area contributed by atoms with E-state index >= 15 is 0 Å². The molecule has 0 fully saturated rings. The van der Waals surface area contributed by atoms with Crippen molar-refractivity contribution in [2.45, 2.75) is 26.7 Å². The van der Waals surface area contributed by atoms with Crippen molar-refractivity contribution in [1.29, 1.82) is 0 Å². The highest BCUT2D eigenvalue weighted by Crippen LogP contribution is 2.35. The summed E-state index contributed by atoms with van der Waals surface area (Å²) in [5, 5.41) is 0. The Bertz CT molecular complexity index is 574. The van der Waals surface area contributed by atoms with Crippen molar-refractivity contribution in [2.75, 3.05) is 0 Å². The van der Waals surface area contributed by atoms with Crippen LogP contribution in [0.25, 0.3) is 17.4 Å². The SMILES string of the molecule is CC(C)CC1=Cc2c(cccc2-c2ccco2)C1. The standard InChI is InChI=1S/C17H18O/c1-12(2)9-13-10-14-5-3-6-15(16(14)11-13)17-7-4-8-18-17/h3-8,11-12H,9-10H2,1-2H3. The number of hydrogen-bond acceptors (Lipinski definition) is 1. The number of allylic oxidation sites excluding steroid dienone is 1. The fraction of sp³-hybridized carbons (Fsp3) is 0.294. The molecule has 0 spiro atoms. The molecule has 0 saturated carbocycles. The minimum Gasteiger partial charge on any atom is -0.464 e. The molecule has 1 aromatic carbocycles. The molecule has 0 radical (unpaired) electrons. The Morgan fingerprint density at radius 1 is 1.17 bits per heavy atom. The molecule has 0 unspecified atom stereocenters. The van der Waals surface area contributed by atoms with Crippen LogP contribution >= 0.6 is 0 Å². The first-order valence-corrected chi connectivity index (χ1v) is 6.59. The molecule has 0 N–H and O–H groups in total. The van der Waals surface area contributed by atoms with Gasteiger partial charge in [-0.15, -0.1) is 0 Å². The van der Waals surface area contributed by atoms with Crippen LogP contribution < -0.4 is 0 Å². The van der Waals surface area contributed by atoms with Gasteiger partial charge in [-0.25, -0.2) is 0 Å². The lowest BCUT2D eigenvalue weighted by Gasteiger charge is -2.05. The molecule has 1 heteroatoms. The van der Waals surface area contributed by atoms with Crippen LogP contribution in [0.2, 0.25) is 0 Å². The molecule has 0 atom stereocenters. The number of benzene rings is 1. The van der Waals surface area contributed by atoms with E-state index in [1.807, 2.05) is 12.1 Å². The lowest BCUT2D eigenvalue weighted by atomic mass is 10.0. The number of rotatable bonds is 3. The summed E-state index contributed by atoms with van der Waals surface area (Å²) in [7, 11) is 0. The van der Waals surface area contributed by atoms with Crippen LogP contribution in [-0.4, -0.2) is 0 Å². The maximum absolute atomic E-state index is 5.53. The van der Waals surface area contributed by atoms with Crippen LogP contribution in [0.5, 0.6) is 0 Å². The Balaban J connectivity index is 2.01. The van der Waals surface area contributed by atoms with Gasteiger partial charge in [0.15, 0.2) is 0 Å². The normalized spacial score (nSPS) is 13.8. The van der Waals surface area contributed by atoms with Crippen LogP contribution in [0.15, 0.2) is 46.6 Å². The molecule has 3 rings (SSSR count). The quantitative estimate of drug-likeness (QED) is 0.738. The Hall–Kier alpha value is -1.76. The summed E-state index contributed by atoms with van der Waals surface area (Å²) >= 11 is 0. The molecule has 1 heterocycles. The van der Waals surface area contributed by atoms with Crippen LogP contribution in [-0.2, 0) is 6.42 Å². The summed E-state index contributed by atoms with van der Waals surface area (Å²) in [6.07, 6.45) is 6.38.